The Morgan fingerprint density at radius 1 is 1.19 bits per heavy atom. The van der Waals surface area contributed by atoms with Crippen molar-refractivity contribution in [3.8, 4) is 0 Å². The highest BCUT2D eigenvalue weighted by Crippen LogP contribution is 2.53. The van der Waals surface area contributed by atoms with Gasteiger partial charge in [-0.05, 0) is 62.9 Å². The van der Waals surface area contributed by atoms with Gasteiger partial charge in [-0.1, -0.05) is 12.1 Å². The molecular weight excluding hydrogens is 358 g/mol. The summed E-state index contributed by atoms with van der Waals surface area (Å²) in [6.07, 6.45) is 5.78. The molecule has 0 unspecified atom stereocenters. The quantitative estimate of drug-likeness (QED) is 0.780. The monoisotopic (exact) mass is 383 g/mol. The third kappa shape index (κ3) is 2.52. The second-order valence-electron chi connectivity index (χ2n) is 8.35. The lowest BCUT2D eigenvalue weighted by molar-refractivity contribution is 0.327. The van der Waals surface area contributed by atoms with Crippen LogP contribution in [0.1, 0.15) is 48.6 Å². The van der Waals surface area contributed by atoms with Gasteiger partial charge in [-0.25, -0.2) is 9.97 Å². The molecule has 5 rings (SSSR count). The van der Waals surface area contributed by atoms with E-state index < -0.39 is 4.87 Å². The molecule has 0 saturated carbocycles. The SMILES string of the molecule is C[C@@]1(Cl)CCc2ncnc(N3CC4(CCNCC4)c4c(CN)cccc43)c21. The van der Waals surface area contributed by atoms with Crippen LogP contribution in [-0.4, -0.2) is 29.6 Å². The molecule has 0 amide bonds. The molecule has 3 N–H and O–H groups in total. The maximum absolute atomic E-state index is 6.91. The number of alkyl halides is 1. The molecule has 2 aromatic rings. The first-order chi connectivity index (χ1) is 13.1. The molecule has 1 aromatic heterocycles. The Morgan fingerprint density at radius 3 is 2.78 bits per heavy atom. The van der Waals surface area contributed by atoms with Gasteiger partial charge < -0.3 is 16.0 Å². The van der Waals surface area contributed by atoms with Crippen molar-refractivity contribution in [2.45, 2.75) is 49.4 Å². The largest absolute Gasteiger partial charge is 0.326 e. The highest BCUT2D eigenvalue weighted by atomic mass is 35.5. The molecule has 3 heterocycles. The van der Waals surface area contributed by atoms with Crippen LogP contribution in [-0.2, 0) is 23.3 Å². The van der Waals surface area contributed by atoms with Gasteiger partial charge >= 0.3 is 0 Å². The molecule has 1 atom stereocenters. The van der Waals surface area contributed by atoms with Gasteiger partial charge in [0.2, 0.25) is 0 Å². The zero-order chi connectivity index (χ0) is 18.6. The van der Waals surface area contributed by atoms with Crippen molar-refractivity contribution in [3.05, 3.63) is 46.9 Å². The molecule has 1 saturated heterocycles. The van der Waals surface area contributed by atoms with E-state index in [1.807, 2.05) is 0 Å². The maximum Gasteiger partial charge on any atom is 0.141 e. The van der Waals surface area contributed by atoms with Crippen molar-refractivity contribution >= 4 is 23.1 Å². The molecule has 5 nitrogen and oxygen atoms in total. The van der Waals surface area contributed by atoms with Crippen LogP contribution in [0.25, 0.3) is 0 Å². The van der Waals surface area contributed by atoms with Gasteiger partial charge in [0.25, 0.3) is 0 Å². The van der Waals surface area contributed by atoms with Gasteiger partial charge in [-0.2, -0.15) is 0 Å². The Bertz CT molecular complexity index is 888. The van der Waals surface area contributed by atoms with Gasteiger partial charge in [0.05, 0.1) is 10.6 Å². The molecule has 1 aromatic carbocycles. The fraction of sp³-hybridized carbons (Fsp3) is 0.524. The third-order valence-electron chi connectivity index (χ3n) is 6.71. The predicted octanol–water partition coefficient (Wildman–Crippen LogP) is 3.11. The summed E-state index contributed by atoms with van der Waals surface area (Å²) in [5, 5.41) is 3.52. The molecule has 142 valence electrons. The van der Waals surface area contributed by atoms with E-state index in [1.165, 1.54) is 16.8 Å². The first-order valence-electron chi connectivity index (χ1n) is 9.90. The molecule has 0 radical (unpaired) electrons. The van der Waals surface area contributed by atoms with Gasteiger partial charge in [-0.15, -0.1) is 11.6 Å². The van der Waals surface area contributed by atoms with Crippen LogP contribution in [0.2, 0.25) is 0 Å². The van der Waals surface area contributed by atoms with Crippen LogP contribution < -0.4 is 16.0 Å². The number of nitrogens with zero attached hydrogens (tertiary/aromatic N) is 3. The molecule has 3 aliphatic rings. The second kappa shape index (κ2) is 6.16. The number of aryl methyl sites for hydroxylation is 1. The molecular formula is C21H26ClN5. The molecule has 27 heavy (non-hydrogen) atoms. The van der Waals surface area contributed by atoms with E-state index in [2.05, 4.69) is 40.3 Å². The average molecular weight is 384 g/mol. The first kappa shape index (κ1) is 17.4. The Labute approximate surface area is 165 Å². The fourth-order valence-electron chi connectivity index (χ4n) is 5.38. The van der Waals surface area contributed by atoms with E-state index in [0.717, 1.165) is 62.4 Å². The number of aromatic nitrogens is 2. The summed E-state index contributed by atoms with van der Waals surface area (Å²) in [4.78, 5) is 11.3. The number of halogens is 1. The molecule has 6 heteroatoms. The maximum atomic E-state index is 6.91. The number of anilines is 2. The number of hydrogen-bond acceptors (Lipinski definition) is 5. The van der Waals surface area contributed by atoms with Gasteiger partial charge in [0.1, 0.15) is 12.1 Å². The Hall–Kier alpha value is -1.69. The highest BCUT2D eigenvalue weighted by Gasteiger charge is 2.47. The van der Waals surface area contributed by atoms with Crippen molar-refractivity contribution in [2.75, 3.05) is 24.5 Å². The van der Waals surface area contributed by atoms with E-state index in [4.69, 9.17) is 22.3 Å². The van der Waals surface area contributed by atoms with Crippen LogP contribution in [0, 0.1) is 0 Å². The molecule has 1 aliphatic carbocycles. The van der Waals surface area contributed by atoms with Crippen molar-refractivity contribution in [1.29, 1.82) is 0 Å². The first-order valence-corrected chi connectivity index (χ1v) is 10.3. The number of fused-ring (bicyclic) bond motifs is 3. The Morgan fingerprint density at radius 2 is 2.00 bits per heavy atom. The van der Waals surface area contributed by atoms with E-state index in [9.17, 15) is 0 Å². The van der Waals surface area contributed by atoms with Crippen LogP contribution >= 0.6 is 11.6 Å². The Balaban J connectivity index is 1.70. The summed E-state index contributed by atoms with van der Waals surface area (Å²) in [6.45, 7) is 5.70. The minimum atomic E-state index is -0.401. The van der Waals surface area contributed by atoms with Crippen molar-refractivity contribution in [1.82, 2.24) is 15.3 Å². The minimum Gasteiger partial charge on any atom is -0.326 e. The standard InChI is InChI=1S/C21H26ClN5/c1-20(22)6-5-15-18(20)19(26-13-25-15)27-12-21(7-9-24-10-8-21)17-14(11-23)3-2-4-16(17)27/h2-4,13,24H,5-12,23H2,1H3/t20-/m1/s1. The lowest BCUT2D eigenvalue weighted by atomic mass is 9.73. The summed E-state index contributed by atoms with van der Waals surface area (Å²) in [7, 11) is 0. The van der Waals surface area contributed by atoms with E-state index in [-0.39, 0.29) is 5.41 Å². The topological polar surface area (TPSA) is 67.1 Å². The number of hydrogen-bond donors (Lipinski definition) is 2. The summed E-state index contributed by atoms with van der Waals surface area (Å²) in [5.41, 5.74) is 12.4. The molecule has 1 fully saturated rings. The lowest BCUT2D eigenvalue weighted by Crippen LogP contribution is -2.43. The number of benzene rings is 1. The van der Waals surface area contributed by atoms with Crippen molar-refractivity contribution in [3.63, 3.8) is 0 Å². The minimum absolute atomic E-state index is 0.135. The van der Waals surface area contributed by atoms with Crippen LogP contribution in [0.3, 0.4) is 0 Å². The number of nitrogens with one attached hydrogen (secondary N) is 1. The summed E-state index contributed by atoms with van der Waals surface area (Å²) < 4.78 is 0. The lowest BCUT2D eigenvalue weighted by Gasteiger charge is -2.36. The van der Waals surface area contributed by atoms with E-state index >= 15 is 0 Å². The fourth-order valence-corrected chi connectivity index (χ4v) is 5.67. The summed E-state index contributed by atoms with van der Waals surface area (Å²) >= 11 is 6.91. The number of nitrogens with two attached hydrogens (primary N) is 1. The third-order valence-corrected chi connectivity index (χ3v) is 7.08. The highest BCUT2D eigenvalue weighted by molar-refractivity contribution is 6.24. The van der Waals surface area contributed by atoms with Crippen molar-refractivity contribution < 1.29 is 0 Å². The van der Waals surface area contributed by atoms with Crippen molar-refractivity contribution in [2.24, 2.45) is 5.73 Å². The zero-order valence-electron chi connectivity index (χ0n) is 15.8. The van der Waals surface area contributed by atoms with Crippen LogP contribution in [0.5, 0.6) is 0 Å². The zero-order valence-corrected chi connectivity index (χ0v) is 16.5. The van der Waals surface area contributed by atoms with Gasteiger partial charge in [0.15, 0.2) is 0 Å². The summed E-state index contributed by atoms with van der Waals surface area (Å²) in [6, 6.07) is 6.53. The average Bonchev–Trinajstić information content (AvgIpc) is 3.18. The smallest absolute Gasteiger partial charge is 0.141 e. The second-order valence-corrected chi connectivity index (χ2v) is 9.18. The Kier molecular flexibility index (Phi) is 3.97. The molecule has 1 spiro atoms. The van der Waals surface area contributed by atoms with Crippen LogP contribution in [0.15, 0.2) is 24.5 Å². The van der Waals surface area contributed by atoms with Crippen LogP contribution in [0.4, 0.5) is 11.5 Å². The number of rotatable bonds is 2. The molecule has 2 aliphatic heterocycles. The predicted molar refractivity (Wildman–Crippen MR) is 109 cm³/mol. The van der Waals surface area contributed by atoms with Gasteiger partial charge in [-0.3, -0.25) is 0 Å². The normalized spacial score (nSPS) is 25.7. The summed E-state index contributed by atoms with van der Waals surface area (Å²) in [5.74, 6) is 0.987. The van der Waals surface area contributed by atoms with Gasteiger partial charge in [0, 0.05) is 29.8 Å². The van der Waals surface area contributed by atoms with E-state index in [1.54, 1.807) is 6.33 Å². The number of piperidine rings is 1. The van der Waals surface area contributed by atoms with E-state index in [0.29, 0.717) is 6.54 Å². The molecule has 0 bridgehead atoms.